The van der Waals surface area contributed by atoms with Crippen molar-refractivity contribution in [2.24, 2.45) is 0 Å². The van der Waals surface area contributed by atoms with Crippen molar-refractivity contribution >= 4 is 17.5 Å². The van der Waals surface area contributed by atoms with E-state index in [1.807, 2.05) is 6.07 Å². The third kappa shape index (κ3) is 8.83. The molecule has 0 spiro atoms. The second kappa shape index (κ2) is 13.8. The van der Waals surface area contributed by atoms with Crippen molar-refractivity contribution in [3.63, 3.8) is 0 Å². The molecule has 5 heteroatoms. The average Bonchev–Trinajstić information content (AvgIpc) is 3.00. The van der Waals surface area contributed by atoms with Crippen molar-refractivity contribution in [3.05, 3.63) is 29.8 Å². The number of hydrogen-bond acceptors (Lipinski definition) is 3. The highest BCUT2D eigenvalue weighted by Crippen LogP contribution is 2.26. The van der Waals surface area contributed by atoms with Gasteiger partial charge in [-0.05, 0) is 69.8 Å². The number of rotatable bonds is 12. The highest BCUT2D eigenvalue weighted by Gasteiger charge is 2.17. The summed E-state index contributed by atoms with van der Waals surface area (Å²) >= 11 is 5.64. The van der Waals surface area contributed by atoms with Gasteiger partial charge in [0.15, 0.2) is 0 Å². The maximum atomic E-state index is 11.7. The minimum Gasteiger partial charge on any atom is -0.494 e. The van der Waals surface area contributed by atoms with Crippen LogP contribution in [0.15, 0.2) is 24.3 Å². The molecule has 0 bridgehead atoms. The summed E-state index contributed by atoms with van der Waals surface area (Å²) in [7, 11) is 0. The van der Waals surface area contributed by atoms with Gasteiger partial charge in [0.1, 0.15) is 5.75 Å². The average molecular weight is 409 g/mol. The standard InChI is InChI=1S/C23H37ClN2O2/c1-20(26-16-7-2-3-8-17-26)21-11-9-12-22(19-21)28-18-10-15-25-23(27)13-5-4-6-14-24/h9,11-12,19-20H,2-8,10,13-18H2,1H3,(H,25,27). The number of ether oxygens (including phenoxy) is 1. The quantitative estimate of drug-likeness (QED) is 0.376. The minimum absolute atomic E-state index is 0.128. The maximum Gasteiger partial charge on any atom is 0.219 e. The molecular formula is C23H37ClN2O2. The predicted molar refractivity (Wildman–Crippen MR) is 117 cm³/mol. The van der Waals surface area contributed by atoms with E-state index in [2.05, 4.69) is 35.3 Å². The van der Waals surface area contributed by atoms with Crippen LogP contribution in [-0.4, -0.2) is 42.9 Å². The van der Waals surface area contributed by atoms with E-state index in [0.29, 0.717) is 31.5 Å². The zero-order valence-corrected chi connectivity index (χ0v) is 18.2. The first kappa shape index (κ1) is 23.0. The summed E-state index contributed by atoms with van der Waals surface area (Å²) in [5, 5.41) is 2.97. The maximum absolute atomic E-state index is 11.7. The lowest BCUT2D eigenvalue weighted by molar-refractivity contribution is -0.121. The Balaban J connectivity index is 1.66. The molecule has 1 aliphatic rings. The molecule has 0 aliphatic carbocycles. The molecule has 0 saturated carbocycles. The summed E-state index contributed by atoms with van der Waals surface area (Å²) in [5.74, 6) is 1.73. The lowest BCUT2D eigenvalue weighted by Crippen LogP contribution is -2.28. The zero-order chi connectivity index (χ0) is 20.0. The van der Waals surface area contributed by atoms with Crippen LogP contribution in [0.4, 0.5) is 0 Å². The Morgan fingerprint density at radius 1 is 1.14 bits per heavy atom. The number of nitrogens with zero attached hydrogens (tertiary/aromatic N) is 1. The molecule has 1 heterocycles. The molecule has 158 valence electrons. The van der Waals surface area contributed by atoms with E-state index in [1.165, 1.54) is 44.3 Å². The number of likely N-dealkylation sites (tertiary alicyclic amines) is 1. The van der Waals surface area contributed by atoms with Gasteiger partial charge in [0.25, 0.3) is 0 Å². The molecule has 1 fully saturated rings. The summed E-state index contributed by atoms with van der Waals surface area (Å²) in [4.78, 5) is 14.3. The molecule has 1 aromatic carbocycles. The van der Waals surface area contributed by atoms with Gasteiger partial charge < -0.3 is 10.1 Å². The van der Waals surface area contributed by atoms with E-state index >= 15 is 0 Å². The van der Waals surface area contributed by atoms with Crippen molar-refractivity contribution in [2.75, 3.05) is 32.1 Å². The number of halogens is 1. The van der Waals surface area contributed by atoms with E-state index in [-0.39, 0.29) is 5.91 Å². The second-order valence-electron chi connectivity index (χ2n) is 7.75. The molecule has 1 saturated heterocycles. The molecule has 4 nitrogen and oxygen atoms in total. The molecule has 1 aliphatic heterocycles. The van der Waals surface area contributed by atoms with Crippen molar-refractivity contribution in [3.8, 4) is 5.75 Å². The Morgan fingerprint density at radius 2 is 1.93 bits per heavy atom. The van der Waals surface area contributed by atoms with Crippen LogP contribution in [0.3, 0.4) is 0 Å². The van der Waals surface area contributed by atoms with Crippen LogP contribution in [-0.2, 0) is 4.79 Å². The van der Waals surface area contributed by atoms with Crippen LogP contribution in [0, 0.1) is 0 Å². The summed E-state index contributed by atoms with van der Waals surface area (Å²) in [6, 6.07) is 8.91. The first-order valence-electron chi connectivity index (χ1n) is 11.0. The molecule has 28 heavy (non-hydrogen) atoms. The lowest BCUT2D eigenvalue weighted by atomic mass is 10.1. The number of carbonyl (C=O) groups is 1. The summed E-state index contributed by atoms with van der Waals surface area (Å²) < 4.78 is 5.92. The van der Waals surface area contributed by atoms with Crippen LogP contribution in [0.1, 0.15) is 76.3 Å². The van der Waals surface area contributed by atoms with E-state index in [9.17, 15) is 4.79 Å². The van der Waals surface area contributed by atoms with Crippen molar-refractivity contribution in [2.45, 2.75) is 70.8 Å². The largest absolute Gasteiger partial charge is 0.494 e. The monoisotopic (exact) mass is 408 g/mol. The normalized spacial score (nSPS) is 16.4. The molecule has 1 amide bonds. The molecule has 2 rings (SSSR count). The van der Waals surface area contributed by atoms with Crippen LogP contribution in [0.5, 0.6) is 5.75 Å². The Morgan fingerprint density at radius 3 is 2.68 bits per heavy atom. The molecule has 1 aromatic rings. The van der Waals surface area contributed by atoms with Gasteiger partial charge >= 0.3 is 0 Å². The van der Waals surface area contributed by atoms with Crippen molar-refractivity contribution in [1.82, 2.24) is 10.2 Å². The van der Waals surface area contributed by atoms with E-state index < -0.39 is 0 Å². The third-order valence-electron chi connectivity index (χ3n) is 5.48. The van der Waals surface area contributed by atoms with E-state index in [4.69, 9.17) is 16.3 Å². The number of hydrogen-bond donors (Lipinski definition) is 1. The third-order valence-corrected chi connectivity index (χ3v) is 5.75. The minimum atomic E-state index is 0.128. The van der Waals surface area contributed by atoms with Gasteiger partial charge in [0.05, 0.1) is 6.61 Å². The van der Waals surface area contributed by atoms with E-state index in [0.717, 1.165) is 31.4 Å². The number of benzene rings is 1. The number of nitrogens with one attached hydrogen (secondary N) is 1. The highest BCUT2D eigenvalue weighted by molar-refractivity contribution is 6.17. The lowest BCUT2D eigenvalue weighted by Gasteiger charge is -2.28. The first-order chi connectivity index (χ1) is 13.7. The number of amides is 1. The van der Waals surface area contributed by atoms with Crippen LogP contribution in [0.25, 0.3) is 0 Å². The zero-order valence-electron chi connectivity index (χ0n) is 17.4. The Bertz CT molecular complexity index is 559. The fraction of sp³-hybridized carbons (Fsp3) is 0.696. The molecule has 1 atom stereocenters. The number of unbranched alkanes of at least 4 members (excludes halogenated alkanes) is 2. The van der Waals surface area contributed by atoms with Gasteiger partial charge in [0.2, 0.25) is 5.91 Å². The molecule has 1 N–H and O–H groups in total. The fourth-order valence-electron chi connectivity index (χ4n) is 3.69. The fourth-order valence-corrected chi connectivity index (χ4v) is 3.88. The SMILES string of the molecule is CC(c1cccc(OCCCNC(=O)CCCCCCl)c1)N1CCCCCC1. The van der Waals surface area contributed by atoms with Gasteiger partial charge in [-0.15, -0.1) is 11.6 Å². The predicted octanol–water partition coefficient (Wildman–Crippen LogP) is 5.31. The summed E-state index contributed by atoms with van der Waals surface area (Å²) in [6.07, 6.45) is 9.65. The number of carbonyl (C=O) groups excluding carboxylic acids is 1. The molecule has 0 radical (unpaired) electrons. The van der Waals surface area contributed by atoms with E-state index in [1.54, 1.807) is 0 Å². The Kier molecular flexibility index (Phi) is 11.4. The van der Waals surface area contributed by atoms with Gasteiger partial charge in [-0.25, -0.2) is 0 Å². The molecule has 1 unspecified atom stereocenters. The van der Waals surface area contributed by atoms with Crippen LogP contribution in [0.2, 0.25) is 0 Å². The van der Waals surface area contributed by atoms with Gasteiger partial charge in [0, 0.05) is 24.9 Å². The summed E-state index contributed by atoms with van der Waals surface area (Å²) in [5.41, 5.74) is 1.32. The summed E-state index contributed by atoms with van der Waals surface area (Å²) in [6.45, 7) is 5.97. The van der Waals surface area contributed by atoms with Crippen LogP contribution < -0.4 is 10.1 Å². The smallest absolute Gasteiger partial charge is 0.219 e. The van der Waals surface area contributed by atoms with Crippen LogP contribution >= 0.6 is 11.6 Å². The number of alkyl halides is 1. The Labute approximate surface area is 176 Å². The van der Waals surface area contributed by atoms with Gasteiger partial charge in [-0.2, -0.15) is 0 Å². The van der Waals surface area contributed by atoms with Gasteiger partial charge in [-0.3, -0.25) is 9.69 Å². The highest BCUT2D eigenvalue weighted by atomic mass is 35.5. The first-order valence-corrected chi connectivity index (χ1v) is 11.5. The molecular weight excluding hydrogens is 372 g/mol. The van der Waals surface area contributed by atoms with Gasteiger partial charge in [-0.1, -0.05) is 31.4 Å². The van der Waals surface area contributed by atoms with Crippen molar-refractivity contribution < 1.29 is 9.53 Å². The van der Waals surface area contributed by atoms with Crippen molar-refractivity contribution in [1.29, 1.82) is 0 Å². The second-order valence-corrected chi connectivity index (χ2v) is 8.13. The Hall–Kier alpha value is -1.26. The topological polar surface area (TPSA) is 41.6 Å². The molecule has 0 aromatic heterocycles.